The molecule has 0 aromatic heterocycles. The fourth-order valence-corrected chi connectivity index (χ4v) is 2.81. The highest BCUT2D eigenvalue weighted by molar-refractivity contribution is 5.94. The minimum atomic E-state index is -1.02. The minimum Gasteiger partial charge on any atom is -0.396 e. The third-order valence-electron chi connectivity index (χ3n) is 4.54. The average molecular weight is 355 g/mol. The smallest absolute Gasteiger partial charge is 0.251 e. The van der Waals surface area contributed by atoms with Gasteiger partial charge in [0.25, 0.3) is 5.91 Å². The van der Waals surface area contributed by atoms with Crippen LogP contribution in [0.15, 0.2) is 48.5 Å². The monoisotopic (exact) mass is 355 g/mol. The van der Waals surface area contributed by atoms with Crippen LogP contribution in [0.2, 0.25) is 0 Å². The molecule has 0 unspecified atom stereocenters. The first-order valence-corrected chi connectivity index (χ1v) is 9.14. The Balaban J connectivity index is 2.02. The Morgan fingerprint density at radius 2 is 1.81 bits per heavy atom. The predicted molar refractivity (Wildman–Crippen MR) is 105 cm³/mol. The Morgan fingerprint density at radius 3 is 2.42 bits per heavy atom. The number of hydrogen-bond donors (Lipinski definition) is 3. The molecule has 0 aliphatic heterocycles. The van der Waals surface area contributed by atoms with E-state index in [1.165, 1.54) is 5.56 Å². The molecule has 1 atom stereocenters. The molecule has 0 radical (unpaired) electrons. The number of aliphatic hydroxyl groups excluding tert-OH is 1. The summed E-state index contributed by atoms with van der Waals surface area (Å²) in [5, 5.41) is 21.8. The maximum Gasteiger partial charge on any atom is 0.251 e. The topological polar surface area (TPSA) is 69.6 Å². The molecule has 140 valence electrons. The van der Waals surface area contributed by atoms with Crippen molar-refractivity contribution in [2.45, 2.75) is 45.1 Å². The first kappa shape index (κ1) is 20.1. The third-order valence-corrected chi connectivity index (χ3v) is 4.54. The Hall–Kier alpha value is -2.17. The number of amides is 1. The van der Waals surface area contributed by atoms with Gasteiger partial charge in [0.15, 0.2) is 0 Å². The highest BCUT2D eigenvalue weighted by Crippen LogP contribution is 2.24. The first-order chi connectivity index (χ1) is 12.3. The van der Waals surface area contributed by atoms with Crippen LogP contribution in [0.25, 0.3) is 11.1 Å². The van der Waals surface area contributed by atoms with Gasteiger partial charge < -0.3 is 15.5 Å². The summed E-state index contributed by atoms with van der Waals surface area (Å²) in [4.78, 5) is 12.3. The molecule has 3 N–H and O–H groups in total. The number of hydrogen-bond acceptors (Lipinski definition) is 3. The Labute approximate surface area is 155 Å². The summed E-state index contributed by atoms with van der Waals surface area (Å²) in [7, 11) is 0. The molecule has 0 bridgehead atoms. The van der Waals surface area contributed by atoms with E-state index in [-0.39, 0.29) is 19.1 Å². The lowest BCUT2D eigenvalue weighted by molar-refractivity contribution is 0.0415. The van der Waals surface area contributed by atoms with Crippen LogP contribution in [0.3, 0.4) is 0 Å². The quantitative estimate of drug-likeness (QED) is 0.676. The van der Waals surface area contributed by atoms with Crippen molar-refractivity contribution in [2.75, 3.05) is 13.2 Å². The van der Waals surface area contributed by atoms with Gasteiger partial charge in [-0.15, -0.1) is 0 Å². The van der Waals surface area contributed by atoms with Crippen LogP contribution in [0.4, 0.5) is 0 Å². The molecular weight excluding hydrogens is 326 g/mol. The fourth-order valence-electron chi connectivity index (χ4n) is 2.81. The van der Waals surface area contributed by atoms with E-state index < -0.39 is 5.60 Å². The standard InChI is InChI=1S/C22H29NO3/c1-16(2)19-6-4-7-20(14-19)17-8-10-18(11-9-17)21(25)23-15-22(3,26)12-5-13-24/h4,6-11,14,16,24,26H,5,12-13,15H2,1-3H3,(H,23,25)/t22-/m1/s1. The molecule has 0 heterocycles. The number of carbonyl (C=O) groups is 1. The second-order valence-corrected chi connectivity index (χ2v) is 7.36. The lowest BCUT2D eigenvalue weighted by Crippen LogP contribution is -2.40. The molecule has 4 nitrogen and oxygen atoms in total. The van der Waals surface area contributed by atoms with Crippen molar-refractivity contribution in [1.29, 1.82) is 0 Å². The Morgan fingerprint density at radius 1 is 1.12 bits per heavy atom. The zero-order valence-electron chi connectivity index (χ0n) is 15.8. The first-order valence-electron chi connectivity index (χ1n) is 9.14. The molecule has 2 aromatic rings. The molecule has 4 heteroatoms. The lowest BCUT2D eigenvalue weighted by atomic mass is 9.97. The summed E-state index contributed by atoms with van der Waals surface area (Å²) in [5.41, 5.74) is 3.03. The number of benzene rings is 2. The van der Waals surface area contributed by atoms with Gasteiger partial charge in [0, 0.05) is 18.7 Å². The maximum absolute atomic E-state index is 12.3. The van der Waals surface area contributed by atoms with Crippen LogP contribution >= 0.6 is 0 Å². The van der Waals surface area contributed by atoms with Crippen LogP contribution in [0, 0.1) is 0 Å². The summed E-state index contributed by atoms with van der Waals surface area (Å²) in [5.74, 6) is 0.260. The minimum absolute atomic E-state index is 0.0313. The number of nitrogens with one attached hydrogen (secondary N) is 1. The molecule has 0 saturated carbocycles. The highest BCUT2D eigenvalue weighted by Gasteiger charge is 2.20. The molecule has 0 saturated heterocycles. The molecule has 26 heavy (non-hydrogen) atoms. The molecule has 0 aliphatic carbocycles. The van der Waals surface area contributed by atoms with Crippen molar-refractivity contribution in [2.24, 2.45) is 0 Å². The highest BCUT2D eigenvalue weighted by atomic mass is 16.3. The number of rotatable bonds is 8. The summed E-state index contributed by atoms with van der Waals surface area (Å²) < 4.78 is 0. The van der Waals surface area contributed by atoms with E-state index in [4.69, 9.17) is 5.11 Å². The predicted octanol–water partition coefficient (Wildman–Crippen LogP) is 3.73. The summed E-state index contributed by atoms with van der Waals surface area (Å²) >= 11 is 0. The summed E-state index contributed by atoms with van der Waals surface area (Å²) in [6.07, 6.45) is 0.946. The van der Waals surface area contributed by atoms with Crippen molar-refractivity contribution < 1.29 is 15.0 Å². The maximum atomic E-state index is 12.3. The third kappa shape index (κ3) is 5.68. The van der Waals surface area contributed by atoms with Crippen LogP contribution in [0.5, 0.6) is 0 Å². The van der Waals surface area contributed by atoms with E-state index in [9.17, 15) is 9.90 Å². The van der Waals surface area contributed by atoms with Crippen molar-refractivity contribution in [3.8, 4) is 11.1 Å². The molecule has 0 aliphatic rings. The zero-order chi connectivity index (χ0) is 19.2. The summed E-state index contributed by atoms with van der Waals surface area (Å²) in [6.45, 7) is 6.19. The van der Waals surface area contributed by atoms with Gasteiger partial charge in [-0.3, -0.25) is 4.79 Å². The van der Waals surface area contributed by atoms with Gasteiger partial charge in [-0.1, -0.05) is 50.2 Å². The average Bonchev–Trinajstić information content (AvgIpc) is 2.65. The van der Waals surface area contributed by atoms with Gasteiger partial charge in [-0.25, -0.2) is 0 Å². The van der Waals surface area contributed by atoms with Gasteiger partial charge in [-0.2, -0.15) is 0 Å². The zero-order valence-corrected chi connectivity index (χ0v) is 15.8. The van der Waals surface area contributed by atoms with Crippen LogP contribution < -0.4 is 5.32 Å². The normalized spacial score (nSPS) is 13.5. The van der Waals surface area contributed by atoms with E-state index in [1.54, 1.807) is 19.1 Å². The molecular formula is C22H29NO3. The molecule has 2 aromatic carbocycles. The Bertz CT molecular complexity index is 720. The van der Waals surface area contributed by atoms with Crippen molar-refractivity contribution >= 4 is 5.91 Å². The van der Waals surface area contributed by atoms with Crippen LogP contribution in [-0.2, 0) is 0 Å². The second-order valence-electron chi connectivity index (χ2n) is 7.36. The van der Waals surface area contributed by atoms with Crippen molar-refractivity contribution in [1.82, 2.24) is 5.32 Å². The molecule has 2 rings (SSSR count). The molecule has 0 fully saturated rings. The molecule has 1 amide bonds. The van der Waals surface area contributed by atoms with Crippen molar-refractivity contribution in [3.63, 3.8) is 0 Å². The number of aliphatic hydroxyl groups is 2. The van der Waals surface area contributed by atoms with E-state index in [0.29, 0.717) is 24.3 Å². The van der Waals surface area contributed by atoms with E-state index in [0.717, 1.165) is 11.1 Å². The van der Waals surface area contributed by atoms with E-state index in [2.05, 4.69) is 43.4 Å². The number of carbonyl (C=O) groups excluding carboxylic acids is 1. The molecule has 0 spiro atoms. The van der Waals surface area contributed by atoms with Crippen LogP contribution in [0.1, 0.15) is 55.5 Å². The van der Waals surface area contributed by atoms with Crippen LogP contribution in [-0.4, -0.2) is 34.9 Å². The lowest BCUT2D eigenvalue weighted by Gasteiger charge is -2.23. The fraction of sp³-hybridized carbons (Fsp3) is 0.409. The second kappa shape index (κ2) is 8.97. The SMILES string of the molecule is CC(C)c1cccc(-c2ccc(C(=O)NC[C@](C)(O)CCCO)cc2)c1. The van der Waals surface area contributed by atoms with Gasteiger partial charge in [-0.05, 0) is 54.5 Å². The van der Waals surface area contributed by atoms with E-state index in [1.807, 2.05) is 12.1 Å². The van der Waals surface area contributed by atoms with Crippen molar-refractivity contribution in [3.05, 3.63) is 59.7 Å². The van der Waals surface area contributed by atoms with Gasteiger partial charge in [0.2, 0.25) is 0 Å². The van der Waals surface area contributed by atoms with Gasteiger partial charge in [0.05, 0.1) is 5.60 Å². The van der Waals surface area contributed by atoms with Gasteiger partial charge >= 0.3 is 0 Å². The largest absolute Gasteiger partial charge is 0.396 e. The van der Waals surface area contributed by atoms with Gasteiger partial charge in [0.1, 0.15) is 0 Å². The Kier molecular flexibility index (Phi) is 6.95. The summed E-state index contributed by atoms with van der Waals surface area (Å²) in [6, 6.07) is 15.9. The van der Waals surface area contributed by atoms with E-state index >= 15 is 0 Å².